The Kier molecular flexibility index (Phi) is 5.30. The van der Waals surface area contributed by atoms with Crippen LogP contribution < -0.4 is 5.32 Å². The molecule has 2 aromatic rings. The topological polar surface area (TPSA) is 72.2 Å². The molecule has 0 atom stereocenters. The van der Waals surface area contributed by atoms with Crippen LogP contribution in [0.25, 0.3) is 0 Å². The zero-order valence-electron chi connectivity index (χ0n) is 11.1. The lowest BCUT2D eigenvalue weighted by molar-refractivity contribution is -0.384. The lowest BCUT2D eigenvalue weighted by Gasteiger charge is -2.03. The quantitative estimate of drug-likeness (QED) is 0.349. The Labute approximate surface area is 139 Å². The lowest BCUT2D eigenvalue weighted by atomic mass is 10.1. The van der Waals surface area contributed by atoms with Crippen molar-refractivity contribution in [2.75, 3.05) is 5.32 Å². The van der Waals surface area contributed by atoms with E-state index in [4.69, 9.17) is 11.6 Å². The van der Waals surface area contributed by atoms with Crippen LogP contribution in [0.4, 0.5) is 11.4 Å². The van der Waals surface area contributed by atoms with Crippen molar-refractivity contribution in [3.8, 4) is 0 Å². The van der Waals surface area contributed by atoms with E-state index in [0.29, 0.717) is 20.7 Å². The van der Waals surface area contributed by atoms with E-state index in [1.165, 1.54) is 24.4 Å². The molecule has 0 aliphatic heterocycles. The minimum Gasteiger partial charge on any atom is -0.361 e. The van der Waals surface area contributed by atoms with Gasteiger partial charge in [0.05, 0.1) is 10.6 Å². The Bertz CT molecular complexity index is 745. The number of non-ortho nitro benzene ring substituents is 1. The fourth-order valence-electron chi connectivity index (χ4n) is 1.65. The summed E-state index contributed by atoms with van der Waals surface area (Å²) in [6.45, 7) is 0. The molecule has 5 nitrogen and oxygen atoms in total. The maximum absolute atomic E-state index is 11.9. The van der Waals surface area contributed by atoms with Crippen LogP contribution in [0.5, 0.6) is 0 Å². The Morgan fingerprint density at radius 1 is 1.23 bits per heavy atom. The molecule has 0 radical (unpaired) electrons. The number of hydrogen-bond acceptors (Lipinski definition) is 4. The molecule has 0 saturated carbocycles. The lowest BCUT2D eigenvalue weighted by Crippen LogP contribution is -1.96. The maximum Gasteiger partial charge on any atom is 0.270 e. The van der Waals surface area contributed by atoms with Gasteiger partial charge in [-0.3, -0.25) is 14.9 Å². The minimum atomic E-state index is -0.478. The molecule has 0 fully saturated rings. The summed E-state index contributed by atoms with van der Waals surface area (Å²) in [7, 11) is 0. The molecule has 2 rings (SSSR count). The molecule has 0 spiro atoms. The number of nitro benzene ring substituents is 1. The summed E-state index contributed by atoms with van der Waals surface area (Å²) >= 11 is 8.99. The Morgan fingerprint density at radius 2 is 1.91 bits per heavy atom. The molecule has 0 saturated heterocycles. The number of carbonyl (C=O) groups excluding carboxylic acids is 1. The predicted molar refractivity (Wildman–Crippen MR) is 89.3 cm³/mol. The molecule has 0 amide bonds. The highest BCUT2D eigenvalue weighted by atomic mass is 79.9. The second-order valence-corrected chi connectivity index (χ2v) is 5.56. The van der Waals surface area contributed by atoms with Gasteiger partial charge in [-0.15, -0.1) is 0 Å². The SMILES string of the molecule is O=C(/C=C\Nc1ccc([N+](=O)[O-])cc1Br)c1ccc(Cl)cc1. The van der Waals surface area contributed by atoms with Gasteiger partial charge in [-0.1, -0.05) is 11.6 Å². The summed E-state index contributed by atoms with van der Waals surface area (Å²) in [6, 6.07) is 10.9. The number of anilines is 1. The summed E-state index contributed by atoms with van der Waals surface area (Å²) in [4.78, 5) is 22.1. The average Bonchev–Trinajstić information content (AvgIpc) is 2.49. The van der Waals surface area contributed by atoms with Crippen LogP contribution in [0.1, 0.15) is 10.4 Å². The first-order valence-corrected chi connectivity index (χ1v) is 7.31. The largest absolute Gasteiger partial charge is 0.361 e. The fraction of sp³-hybridized carbons (Fsp3) is 0. The molecule has 22 heavy (non-hydrogen) atoms. The van der Waals surface area contributed by atoms with Crippen molar-refractivity contribution in [1.82, 2.24) is 0 Å². The molecule has 1 N–H and O–H groups in total. The van der Waals surface area contributed by atoms with Gasteiger partial charge in [-0.25, -0.2) is 0 Å². The maximum atomic E-state index is 11.9. The van der Waals surface area contributed by atoms with Crippen LogP contribution in [0.2, 0.25) is 5.02 Å². The third kappa shape index (κ3) is 4.16. The number of halogens is 2. The highest BCUT2D eigenvalue weighted by Gasteiger charge is 2.08. The highest BCUT2D eigenvalue weighted by molar-refractivity contribution is 9.10. The van der Waals surface area contributed by atoms with Crippen molar-refractivity contribution >= 4 is 44.7 Å². The molecule has 7 heteroatoms. The predicted octanol–water partition coefficient (Wildman–Crippen LogP) is 4.82. The molecule has 112 valence electrons. The van der Waals surface area contributed by atoms with Gasteiger partial charge in [0, 0.05) is 39.5 Å². The van der Waals surface area contributed by atoms with Crippen LogP contribution in [0.3, 0.4) is 0 Å². The van der Waals surface area contributed by atoms with E-state index in [1.54, 1.807) is 30.3 Å². The zero-order valence-corrected chi connectivity index (χ0v) is 13.5. The molecule has 0 heterocycles. The smallest absolute Gasteiger partial charge is 0.270 e. The number of ketones is 1. The molecule has 0 aliphatic rings. The van der Waals surface area contributed by atoms with E-state index in [2.05, 4.69) is 21.2 Å². The third-order valence-corrected chi connectivity index (χ3v) is 3.67. The zero-order chi connectivity index (χ0) is 16.1. The molecule has 0 unspecified atom stereocenters. The summed E-state index contributed by atoms with van der Waals surface area (Å²) in [5, 5.41) is 14.1. The van der Waals surface area contributed by atoms with Gasteiger partial charge in [0.15, 0.2) is 5.78 Å². The van der Waals surface area contributed by atoms with E-state index in [0.717, 1.165) is 0 Å². The van der Waals surface area contributed by atoms with E-state index >= 15 is 0 Å². The molecular weight excluding hydrogens is 372 g/mol. The Balaban J connectivity index is 2.04. The second-order valence-electron chi connectivity index (χ2n) is 4.27. The molecule has 2 aromatic carbocycles. The summed E-state index contributed by atoms with van der Waals surface area (Å²) in [5.74, 6) is -0.179. The fourth-order valence-corrected chi connectivity index (χ4v) is 2.26. The number of carbonyl (C=O) groups is 1. The highest BCUT2D eigenvalue weighted by Crippen LogP contribution is 2.27. The number of nitrogens with zero attached hydrogens (tertiary/aromatic N) is 1. The summed E-state index contributed by atoms with van der Waals surface area (Å²) in [6.07, 6.45) is 2.85. The number of rotatable bonds is 5. The number of benzene rings is 2. The Hall–Kier alpha value is -2.18. The van der Waals surface area contributed by atoms with E-state index in [9.17, 15) is 14.9 Å². The van der Waals surface area contributed by atoms with Crippen molar-refractivity contribution in [3.05, 3.63) is 79.9 Å². The first-order chi connectivity index (χ1) is 10.5. The van der Waals surface area contributed by atoms with Crippen molar-refractivity contribution < 1.29 is 9.72 Å². The second kappa shape index (κ2) is 7.20. The van der Waals surface area contributed by atoms with Crippen molar-refractivity contribution in [3.63, 3.8) is 0 Å². The van der Waals surface area contributed by atoms with Crippen LogP contribution in [0, 0.1) is 10.1 Å². The summed E-state index contributed by atoms with van der Waals surface area (Å²) < 4.78 is 0.533. The summed E-state index contributed by atoms with van der Waals surface area (Å²) in [5.41, 5.74) is 1.12. The van der Waals surface area contributed by atoms with Crippen LogP contribution in [-0.2, 0) is 0 Å². The van der Waals surface area contributed by atoms with Gasteiger partial charge in [0.25, 0.3) is 5.69 Å². The molecular formula is C15H10BrClN2O3. The van der Waals surface area contributed by atoms with Crippen LogP contribution in [0.15, 0.2) is 59.2 Å². The minimum absolute atomic E-state index is 0.0151. The van der Waals surface area contributed by atoms with Crippen molar-refractivity contribution in [2.45, 2.75) is 0 Å². The first-order valence-electron chi connectivity index (χ1n) is 6.14. The van der Waals surface area contributed by atoms with E-state index in [1.807, 2.05) is 0 Å². The Morgan fingerprint density at radius 3 is 2.50 bits per heavy atom. The van der Waals surface area contributed by atoms with E-state index < -0.39 is 4.92 Å². The van der Waals surface area contributed by atoms with Gasteiger partial charge in [-0.2, -0.15) is 0 Å². The monoisotopic (exact) mass is 380 g/mol. The van der Waals surface area contributed by atoms with Gasteiger partial charge in [0.2, 0.25) is 0 Å². The third-order valence-electron chi connectivity index (χ3n) is 2.77. The first kappa shape index (κ1) is 16.2. The van der Waals surface area contributed by atoms with Crippen LogP contribution in [-0.4, -0.2) is 10.7 Å². The average molecular weight is 382 g/mol. The van der Waals surface area contributed by atoms with Gasteiger partial charge < -0.3 is 5.32 Å². The van der Waals surface area contributed by atoms with E-state index in [-0.39, 0.29) is 11.5 Å². The molecule has 0 aliphatic carbocycles. The van der Waals surface area contributed by atoms with Gasteiger partial charge in [-0.05, 0) is 46.3 Å². The molecule has 0 bridgehead atoms. The van der Waals surface area contributed by atoms with Crippen molar-refractivity contribution in [2.24, 2.45) is 0 Å². The standard InChI is InChI=1S/C15H10BrClN2O3/c16-13-9-12(19(21)22)5-6-14(13)18-8-7-15(20)10-1-3-11(17)4-2-10/h1-9,18H/b8-7-. The number of nitro groups is 1. The number of nitrogens with one attached hydrogen (secondary N) is 1. The number of allylic oxidation sites excluding steroid dienone is 1. The number of hydrogen-bond donors (Lipinski definition) is 1. The van der Waals surface area contributed by atoms with Crippen molar-refractivity contribution in [1.29, 1.82) is 0 Å². The normalized spacial score (nSPS) is 10.6. The van der Waals surface area contributed by atoms with Gasteiger partial charge in [0.1, 0.15) is 0 Å². The molecule has 0 aromatic heterocycles. The van der Waals surface area contributed by atoms with Crippen LogP contribution >= 0.6 is 27.5 Å². The van der Waals surface area contributed by atoms with Gasteiger partial charge >= 0.3 is 0 Å².